The molecule has 0 aliphatic heterocycles. The van der Waals surface area contributed by atoms with E-state index in [1.54, 1.807) is 0 Å². The Labute approximate surface area is 326 Å². The minimum absolute atomic E-state index is 1.21. The molecule has 0 heteroatoms. The van der Waals surface area contributed by atoms with Crippen molar-refractivity contribution in [3.63, 3.8) is 0 Å². The standard InChI is InChI=1S/C56H36/c1-3-14-39(15-4-1)45-19-9-11-21-47(45)49-31-29-42-30-32-52-54(48-22-12-10-20-46(48)40-16-5-2-6-17-40)36-53(51-34-33-50(49)55(42)56(51)52)41-26-23-38(24-27-41)44-28-25-37-13-7-8-18-43(37)35-44/h1-36H. The number of hydrogen-bond donors (Lipinski definition) is 0. The largest absolute Gasteiger partial charge is 0.0622 e. The fraction of sp³-hybridized carbons (Fsp3) is 0. The lowest BCUT2D eigenvalue weighted by Gasteiger charge is -2.21. The summed E-state index contributed by atoms with van der Waals surface area (Å²) in [4.78, 5) is 0. The van der Waals surface area contributed by atoms with E-state index in [0.717, 1.165) is 0 Å². The first-order valence-electron chi connectivity index (χ1n) is 19.4. The third kappa shape index (κ3) is 5.30. The van der Waals surface area contributed by atoms with E-state index < -0.39 is 0 Å². The Morgan fingerprint density at radius 2 is 0.625 bits per heavy atom. The highest BCUT2D eigenvalue weighted by Gasteiger charge is 2.21. The van der Waals surface area contributed by atoms with E-state index in [1.807, 2.05) is 0 Å². The van der Waals surface area contributed by atoms with Crippen LogP contribution in [0, 0.1) is 0 Å². The van der Waals surface area contributed by atoms with Gasteiger partial charge in [0.1, 0.15) is 0 Å². The van der Waals surface area contributed by atoms with Gasteiger partial charge in [0.05, 0.1) is 0 Å². The highest BCUT2D eigenvalue weighted by atomic mass is 14.2. The van der Waals surface area contributed by atoms with Crippen molar-refractivity contribution in [2.24, 2.45) is 0 Å². The SMILES string of the molecule is c1ccc(-c2ccccc2-c2ccc3ccc4c(-c5ccccc5-c5ccccc5)cc(-c5ccc(-c6ccc7ccccc7c6)cc5)c5ccc2c3c54)cc1. The van der Waals surface area contributed by atoms with Gasteiger partial charge in [-0.05, 0) is 122 Å². The zero-order chi connectivity index (χ0) is 37.0. The van der Waals surface area contributed by atoms with E-state index in [4.69, 9.17) is 0 Å². The zero-order valence-corrected chi connectivity index (χ0v) is 30.8. The normalized spacial score (nSPS) is 11.6. The second-order valence-electron chi connectivity index (χ2n) is 14.8. The molecule has 0 unspecified atom stereocenters. The Kier molecular flexibility index (Phi) is 7.60. The molecule has 11 aromatic rings. The van der Waals surface area contributed by atoms with Gasteiger partial charge in [0.25, 0.3) is 0 Å². The van der Waals surface area contributed by atoms with Crippen LogP contribution in [0.25, 0.3) is 110 Å². The molecule has 0 aliphatic carbocycles. The fourth-order valence-electron chi connectivity index (χ4n) is 8.98. The molecule has 0 nitrogen and oxygen atoms in total. The zero-order valence-electron chi connectivity index (χ0n) is 30.8. The van der Waals surface area contributed by atoms with E-state index in [9.17, 15) is 0 Å². The van der Waals surface area contributed by atoms with E-state index in [-0.39, 0.29) is 0 Å². The molecule has 0 amide bonds. The molecule has 0 bridgehead atoms. The van der Waals surface area contributed by atoms with E-state index >= 15 is 0 Å². The van der Waals surface area contributed by atoms with E-state index in [0.29, 0.717) is 0 Å². The van der Waals surface area contributed by atoms with Crippen molar-refractivity contribution in [3.8, 4) is 66.8 Å². The second kappa shape index (κ2) is 13.2. The van der Waals surface area contributed by atoms with Crippen LogP contribution in [0.1, 0.15) is 0 Å². The molecule has 0 saturated carbocycles. The fourth-order valence-corrected chi connectivity index (χ4v) is 8.98. The van der Waals surface area contributed by atoms with Crippen LogP contribution in [-0.4, -0.2) is 0 Å². The summed E-state index contributed by atoms with van der Waals surface area (Å²) in [5.74, 6) is 0. The van der Waals surface area contributed by atoms with E-state index in [2.05, 4.69) is 218 Å². The van der Waals surface area contributed by atoms with Crippen molar-refractivity contribution in [3.05, 3.63) is 218 Å². The minimum atomic E-state index is 1.21. The Morgan fingerprint density at radius 1 is 0.179 bits per heavy atom. The molecule has 0 spiro atoms. The van der Waals surface area contributed by atoms with Crippen molar-refractivity contribution in [1.29, 1.82) is 0 Å². The van der Waals surface area contributed by atoms with E-state index in [1.165, 1.54) is 110 Å². The third-order valence-corrected chi connectivity index (χ3v) is 11.7. The molecule has 0 fully saturated rings. The average Bonchev–Trinajstić information content (AvgIpc) is 3.28. The van der Waals surface area contributed by atoms with Crippen LogP contribution < -0.4 is 0 Å². The third-order valence-electron chi connectivity index (χ3n) is 11.7. The topological polar surface area (TPSA) is 0 Å². The summed E-state index contributed by atoms with van der Waals surface area (Å²) in [5, 5.41) is 10.2. The van der Waals surface area contributed by atoms with Gasteiger partial charge in [0.2, 0.25) is 0 Å². The van der Waals surface area contributed by atoms with Crippen LogP contribution in [0.3, 0.4) is 0 Å². The molecule has 11 rings (SSSR count). The summed E-state index contributed by atoms with van der Waals surface area (Å²) in [6.07, 6.45) is 0. The molecule has 0 N–H and O–H groups in total. The predicted molar refractivity (Wildman–Crippen MR) is 240 cm³/mol. The minimum Gasteiger partial charge on any atom is -0.0622 e. The maximum absolute atomic E-state index is 2.44. The molecule has 56 heavy (non-hydrogen) atoms. The summed E-state index contributed by atoms with van der Waals surface area (Å²) in [5.41, 5.74) is 14.8. The van der Waals surface area contributed by atoms with Crippen LogP contribution in [-0.2, 0) is 0 Å². The quantitative estimate of drug-likeness (QED) is 0.151. The molecule has 260 valence electrons. The van der Waals surface area contributed by atoms with Crippen LogP contribution in [0.2, 0.25) is 0 Å². The molecule has 0 aliphatic rings. The van der Waals surface area contributed by atoms with Crippen molar-refractivity contribution >= 4 is 43.1 Å². The first kappa shape index (κ1) is 32.2. The van der Waals surface area contributed by atoms with Crippen molar-refractivity contribution < 1.29 is 0 Å². The molecule has 11 aromatic carbocycles. The molecular formula is C56H36. The second-order valence-corrected chi connectivity index (χ2v) is 14.8. The van der Waals surface area contributed by atoms with Gasteiger partial charge in [-0.15, -0.1) is 0 Å². The van der Waals surface area contributed by atoms with Gasteiger partial charge in [-0.3, -0.25) is 0 Å². The van der Waals surface area contributed by atoms with Gasteiger partial charge in [0, 0.05) is 0 Å². The highest BCUT2D eigenvalue weighted by molar-refractivity contribution is 6.30. The summed E-state index contributed by atoms with van der Waals surface area (Å²) in [7, 11) is 0. The van der Waals surface area contributed by atoms with Gasteiger partial charge in [-0.1, -0.05) is 206 Å². The smallest absolute Gasteiger partial charge is 0.00141 e. The first-order chi connectivity index (χ1) is 27.8. The van der Waals surface area contributed by atoms with Gasteiger partial charge >= 0.3 is 0 Å². The number of rotatable bonds is 6. The van der Waals surface area contributed by atoms with Crippen molar-refractivity contribution in [1.82, 2.24) is 0 Å². The number of benzene rings is 11. The van der Waals surface area contributed by atoms with Crippen molar-refractivity contribution in [2.45, 2.75) is 0 Å². The van der Waals surface area contributed by atoms with Gasteiger partial charge < -0.3 is 0 Å². The van der Waals surface area contributed by atoms with Crippen LogP contribution in [0.5, 0.6) is 0 Å². The lowest BCUT2D eigenvalue weighted by atomic mass is 9.82. The Balaban J connectivity index is 1.17. The van der Waals surface area contributed by atoms with Crippen LogP contribution in [0.4, 0.5) is 0 Å². The molecule has 0 saturated heterocycles. The molecule has 0 heterocycles. The predicted octanol–water partition coefficient (Wildman–Crippen LogP) is 15.7. The lowest BCUT2D eigenvalue weighted by molar-refractivity contribution is 1.59. The highest BCUT2D eigenvalue weighted by Crippen LogP contribution is 2.48. The number of fused-ring (bicyclic) bond motifs is 1. The first-order valence-corrected chi connectivity index (χ1v) is 19.4. The summed E-state index contributed by atoms with van der Waals surface area (Å²) in [6.45, 7) is 0. The van der Waals surface area contributed by atoms with Gasteiger partial charge in [-0.25, -0.2) is 0 Å². The van der Waals surface area contributed by atoms with Gasteiger partial charge in [0.15, 0.2) is 0 Å². The Bertz CT molecular complexity index is 3210. The lowest BCUT2D eigenvalue weighted by Crippen LogP contribution is -1.94. The van der Waals surface area contributed by atoms with Crippen LogP contribution in [0.15, 0.2) is 218 Å². The maximum atomic E-state index is 2.44. The van der Waals surface area contributed by atoms with Crippen molar-refractivity contribution in [2.75, 3.05) is 0 Å². The monoisotopic (exact) mass is 708 g/mol. The molecular weight excluding hydrogens is 673 g/mol. The average molecular weight is 709 g/mol. The molecule has 0 aromatic heterocycles. The molecule has 0 radical (unpaired) electrons. The molecule has 0 atom stereocenters. The Hall–Kier alpha value is -7.28. The maximum Gasteiger partial charge on any atom is -0.00141 e. The van der Waals surface area contributed by atoms with Crippen LogP contribution >= 0.6 is 0 Å². The van der Waals surface area contributed by atoms with Gasteiger partial charge in [-0.2, -0.15) is 0 Å². The summed E-state index contributed by atoms with van der Waals surface area (Å²) in [6, 6.07) is 80.3. The summed E-state index contributed by atoms with van der Waals surface area (Å²) >= 11 is 0. The number of hydrogen-bond acceptors (Lipinski definition) is 0. The summed E-state index contributed by atoms with van der Waals surface area (Å²) < 4.78 is 0. The Morgan fingerprint density at radius 3 is 1.30 bits per heavy atom.